The second-order valence-corrected chi connectivity index (χ2v) is 8.28. The van der Waals surface area contributed by atoms with Gasteiger partial charge in [-0.15, -0.1) is 0 Å². The van der Waals surface area contributed by atoms with Crippen molar-refractivity contribution in [3.63, 3.8) is 0 Å². The summed E-state index contributed by atoms with van der Waals surface area (Å²) in [6.07, 6.45) is 7.71. The molecule has 2 aliphatic rings. The Labute approximate surface area is 179 Å². The summed E-state index contributed by atoms with van der Waals surface area (Å²) < 4.78 is 7.76. The molecule has 0 spiro atoms. The summed E-state index contributed by atoms with van der Waals surface area (Å²) in [6, 6.07) is 13.9. The average Bonchev–Trinajstić information content (AvgIpc) is 3.58. The normalized spacial score (nSPS) is 17.9. The van der Waals surface area contributed by atoms with E-state index in [2.05, 4.69) is 27.0 Å². The molecule has 1 N–H and O–H groups in total. The van der Waals surface area contributed by atoms with Crippen LogP contribution in [0.25, 0.3) is 22.7 Å². The zero-order valence-electron chi connectivity index (χ0n) is 17.1. The molecule has 1 aliphatic heterocycles. The van der Waals surface area contributed by atoms with E-state index in [1.165, 1.54) is 17.5 Å². The molecular weight excluding hydrogens is 390 g/mol. The number of rotatable bonds is 3. The third kappa shape index (κ3) is 3.17. The van der Waals surface area contributed by atoms with Gasteiger partial charge in [0.15, 0.2) is 17.2 Å². The molecule has 0 unspecified atom stereocenters. The number of amides is 2. The molecule has 6 rings (SSSR count). The average molecular weight is 413 g/mol. The number of carbonyl (C=O) groups is 1. The number of nitrogens with one attached hydrogen (secondary N) is 1. The highest BCUT2D eigenvalue weighted by Crippen LogP contribution is 2.32. The minimum absolute atomic E-state index is 0.0580. The topological polar surface area (TPSA) is 76.2 Å². The number of imidazole rings is 1. The fourth-order valence-electron chi connectivity index (χ4n) is 4.84. The van der Waals surface area contributed by atoms with Gasteiger partial charge in [-0.2, -0.15) is 0 Å². The van der Waals surface area contributed by atoms with Crippen LogP contribution in [-0.2, 0) is 12.8 Å². The monoisotopic (exact) mass is 413 g/mol. The smallest absolute Gasteiger partial charge is 0.321 e. The second kappa shape index (κ2) is 7.27. The van der Waals surface area contributed by atoms with Crippen LogP contribution in [0.1, 0.15) is 30.0 Å². The first-order valence-corrected chi connectivity index (χ1v) is 10.8. The Morgan fingerprint density at radius 3 is 2.97 bits per heavy atom. The van der Waals surface area contributed by atoms with E-state index in [9.17, 15) is 4.79 Å². The summed E-state index contributed by atoms with van der Waals surface area (Å²) in [5.41, 5.74) is 5.29. The quantitative estimate of drug-likeness (QED) is 0.530. The lowest BCUT2D eigenvalue weighted by atomic mass is 10.1. The third-order valence-corrected chi connectivity index (χ3v) is 6.36. The van der Waals surface area contributed by atoms with Crippen LogP contribution in [0.15, 0.2) is 59.3 Å². The molecule has 1 atom stereocenters. The first-order chi connectivity index (χ1) is 15.3. The van der Waals surface area contributed by atoms with E-state index < -0.39 is 0 Å². The maximum atomic E-state index is 13.0. The second-order valence-electron chi connectivity index (χ2n) is 8.28. The Hall–Kier alpha value is -3.61. The number of hydrogen-bond acceptors (Lipinski definition) is 4. The Kier molecular flexibility index (Phi) is 4.26. The molecule has 7 nitrogen and oxygen atoms in total. The van der Waals surface area contributed by atoms with Crippen LogP contribution in [0.5, 0.6) is 0 Å². The van der Waals surface area contributed by atoms with Crippen LogP contribution in [0, 0.1) is 0 Å². The Bertz CT molecular complexity index is 1260. The lowest BCUT2D eigenvalue weighted by molar-refractivity contribution is 0.221. The van der Waals surface area contributed by atoms with Gasteiger partial charge in [-0.05, 0) is 73.2 Å². The van der Waals surface area contributed by atoms with Crippen molar-refractivity contribution < 1.29 is 9.21 Å². The summed E-state index contributed by atoms with van der Waals surface area (Å²) in [5, 5.41) is 3.09. The molecular formula is C24H23N5O2. The van der Waals surface area contributed by atoms with Crippen LogP contribution < -0.4 is 5.32 Å². The molecule has 2 amide bonds. The molecule has 156 valence electrons. The number of fused-ring (bicyclic) bond motifs is 2. The summed E-state index contributed by atoms with van der Waals surface area (Å²) in [4.78, 5) is 24.2. The van der Waals surface area contributed by atoms with Crippen molar-refractivity contribution in [2.75, 3.05) is 18.4 Å². The van der Waals surface area contributed by atoms with Crippen LogP contribution in [0.3, 0.4) is 0 Å². The maximum absolute atomic E-state index is 13.0. The predicted octanol–water partition coefficient (Wildman–Crippen LogP) is 4.66. The van der Waals surface area contributed by atoms with E-state index in [0.717, 1.165) is 41.9 Å². The number of furan rings is 1. The molecule has 1 aromatic carbocycles. The van der Waals surface area contributed by atoms with E-state index in [-0.39, 0.29) is 12.1 Å². The number of anilines is 1. The molecule has 4 aromatic rings. The van der Waals surface area contributed by atoms with E-state index >= 15 is 0 Å². The first kappa shape index (κ1) is 18.2. The maximum Gasteiger partial charge on any atom is 0.321 e. The van der Waals surface area contributed by atoms with Gasteiger partial charge >= 0.3 is 6.03 Å². The number of aryl methyl sites for hydroxylation is 2. The van der Waals surface area contributed by atoms with Gasteiger partial charge in [-0.1, -0.05) is 6.07 Å². The molecule has 0 saturated carbocycles. The summed E-state index contributed by atoms with van der Waals surface area (Å²) in [5.74, 6) is 1.46. The van der Waals surface area contributed by atoms with Gasteiger partial charge in [0.2, 0.25) is 0 Å². The Balaban J connectivity index is 1.25. The number of hydrogen-bond donors (Lipinski definition) is 1. The summed E-state index contributed by atoms with van der Waals surface area (Å²) in [7, 11) is 0. The zero-order valence-corrected chi connectivity index (χ0v) is 17.1. The molecule has 1 saturated heterocycles. The molecule has 1 aliphatic carbocycles. The Morgan fingerprint density at radius 2 is 2.06 bits per heavy atom. The van der Waals surface area contributed by atoms with Crippen LogP contribution in [0.2, 0.25) is 0 Å². The molecule has 7 heteroatoms. The van der Waals surface area contributed by atoms with E-state index in [1.54, 1.807) is 12.5 Å². The van der Waals surface area contributed by atoms with Crippen molar-refractivity contribution in [1.82, 2.24) is 19.4 Å². The van der Waals surface area contributed by atoms with Gasteiger partial charge in [0.1, 0.15) is 5.52 Å². The van der Waals surface area contributed by atoms with Gasteiger partial charge in [-0.25, -0.2) is 14.8 Å². The van der Waals surface area contributed by atoms with Gasteiger partial charge in [-0.3, -0.25) is 0 Å². The van der Waals surface area contributed by atoms with E-state index in [0.29, 0.717) is 18.8 Å². The zero-order chi connectivity index (χ0) is 20.8. The number of benzene rings is 1. The van der Waals surface area contributed by atoms with Crippen molar-refractivity contribution >= 4 is 22.9 Å². The van der Waals surface area contributed by atoms with Gasteiger partial charge in [0.05, 0.1) is 12.3 Å². The Morgan fingerprint density at radius 1 is 1.13 bits per heavy atom. The molecule has 3 aromatic heterocycles. The van der Waals surface area contributed by atoms with Crippen LogP contribution >= 0.6 is 0 Å². The number of nitrogens with zero attached hydrogens (tertiary/aromatic N) is 4. The molecule has 4 heterocycles. The minimum Gasteiger partial charge on any atom is -0.461 e. The van der Waals surface area contributed by atoms with Crippen molar-refractivity contribution in [3.8, 4) is 11.6 Å². The first-order valence-electron chi connectivity index (χ1n) is 10.8. The number of likely N-dealkylation sites (tertiary alicyclic amines) is 1. The van der Waals surface area contributed by atoms with Crippen LogP contribution in [-0.4, -0.2) is 38.6 Å². The number of aromatic nitrogens is 3. The fraction of sp³-hybridized carbons (Fsp3) is 0.292. The minimum atomic E-state index is -0.0580. The van der Waals surface area contributed by atoms with Crippen molar-refractivity contribution in [1.29, 1.82) is 0 Å². The molecule has 1 fully saturated rings. The van der Waals surface area contributed by atoms with Crippen molar-refractivity contribution in [3.05, 3.63) is 66.1 Å². The molecule has 31 heavy (non-hydrogen) atoms. The molecule has 0 bridgehead atoms. The van der Waals surface area contributed by atoms with Crippen molar-refractivity contribution in [2.45, 2.75) is 31.7 Å². The lowest BCUT2D eigenvalue weighted by Crippen LogP contribution is -2.33. The largest absolute Gasteiger partial charge is 0.461 e. The number of carbonyl (C=O) groups excluding carboxylic acids is 1. The van der Waals surface area contributed by atoms with Crippen molar-refractivity contribution in [2.24, 2.45) is 0 Å². The SMILES string of the molecule is O=C(Nc1ccc2c(c1)CCC2)N1CC[C@@H](n2c(-c3ccco3)nc3cccnc32)C1. The van der Waals surface area contributed by atoms with Gasteiger partial charge < -0.3 is 19.2 Å². The van der Waals surface area contributed by atoms with Crippen LogP contribution in [0.4, 0.5) is 10.5 Å². The highest BCUT2D eigenvalue weighted by Gasteiger charge is 2.31. The van der Waals surface area contributed by atoms with Gasteiger partial charge in [0.25, 0.3) is 0 Å². The summed E-state index contributed by atoms with van der Waals surface area (Å²) in [6.45, 7) is 1.29. The number of urea groups is 1. The third-order valence-electron chi connectivity index (χ3n) is 6.36. The summed E-state index contributed by atoms with van der Waals surface area (Å²) >= 11 is 0. The highest BCUT2D eigenvalue weighted by molar-refractivity contribution is 5.89. The highest BCUT2D eigenvalue weighted by atomic mass is 16.3. The van der Waals surface area contributed by atoms with Gasteiger partial charge in [0, 0.05) is 25.0 Å². The predicted molar refractivity (Wildman–Crippen MR) is 118 cm³/mol. The lowest BCUT2D eigenvalue weighted by Gasteiger charge is -2.19. The van der Waals surface area contributed by atoms with E-state index in [4.69, 9.17) is 9.40 Å². The van der Waals surface area contributed by atoms with E-state index in [1.807, 2.05) is 35.2 Å². The fourth-order valence-corrected chi connectivity index (χ4v) is 4.84. The molecule has 0 radical (unpaired) electrons. The standard InChI is InChI=1S/C24H23N5O2/c30-24(26-18-9-8-16-4-1-5-17(16)14-18)28-12-10-19(15-28)29-22-20(6-2-11-25-22)27-23(29)21-7-3-13-31-21/h2-3,6-9,11,13-14,19H,1,4-5,10,12,15H2,(H,26,30)/t19-/m1/s1. The number of pyridine rings is 1.